The molecule has 3 nitrogen and oxygen atoms in total. The van der Waals surface area contributed by atoms with Crippen LogP contribution in [0.1, 0.15) is 12.6 Å². The van der Waals surface area contributed by atoms with Crippen LogP contribution >= 0.6 is 0 Å². The maximum atomic E-state index is 8.89. The second-order valence-electron chi connectivity index (χ2n) is 3.87. The Balaban J connectivity index is 0.00000120. The van der Waals surface area contributed by atoms with E-state index in [-0.39, 0.29) is 1.43 Å². The molecule has 1 heterocycles. The molecule has 2 aromatic carbocycles. The zero-order valence-electron chi connectivity index (χ0n) is 9.86. The molecular weight excluding hydrogens is 210 g/mol. The van der Waals surface area contributed by atoms with Gasteiger partial charge < -0.3 is 4.98 Å². The summed E-state index contributed by atoms with van der Waals surface area (Å²) in [6.07, 6.45) is 0. The van der Waals surface area contributed by atoms with Crippen molar-refractivity contribution in [1.82, 2.24) is 4.98 Å². The predicted molar refractivity (Wildman–Crippen MR) is 66.3 cm³/mol. The maximum Gasteiger partial charge on any atom is 1.00 e. The monoisotopic (exact) mass is 218 g/mol. The van der Waals surface area contributed by atoms with Crippen molar-refractivity contribution in [3.8, 4) is 12.1 Å². The lowest BCUT2D eigenvalue weighted by atomic mass is 10.1. The molecule has 17 heavy (non-hydrogen) atoms. The number of aromatic amines is 1. The Morgan fingerprint density at radius 3 is 1.71 bits per heavy atom. The Morgan fingerprint density at radius 1 is 0.824 bits per heavy atom. The van der Waals surface area contributed by atoms with Crippen LogP contribution in [0, 0.1) is 22.7 Å². The number of nitrogens with zero attached hydrogens (tertiary/aromatic N) is 2. The second-order valence-corrected chi connectivity index (χ2v) is 3.87. The van der Waals surface area contributed by atoms with Crippen molar-refractivity contribution in [2.75, 3.05) is 0 Å². The van der Waals surface area contributed by atoms with Crippen molar-refractivity contribution in [1.29, 1.82) is 10.5 Å². The fourth-order valence-electron chi connectivity index (χ4n) is 2.04. The van der Waals surface area contributed by atoms with E-state index in [0.717, 1.165) is 21.8 Å². The lowest BCUT2D eigenvalue weighted by molar-refractivity contribution is 1.48. The summed E-state index contributed by atoms with van der Waals surface area (Å²) in [6.45, 7) is 0. The highest BCUT2D eigenvalue weighted by Gasteiger charge is 2.05. The molecule has 0 atom stereocenters. The molecule has 0 spiro atoms. The molecule has 0 aliphatic rings. The van der Waals surface area contributed by atoms with Gasteiger partial charge in [0.05, 0.1) is 23.3 Å². The van der Waals surface area contributed by atoms with Crippen LogP contribution in [0.15, 0.2) is 36.4 Å². The van der Waals surface area contributed by atoms with Gasteiger partial charge in [0.25, 0.3) is 0 Å². The van der Waals surface area contributed by atoms with Gasteiger partial charge in [-0.2, -0.15) is 10.5 Å². The first-order valence-corrected chi connectivity index (χ1v) is 5.17. The van der Waals surface area contributed by atoms with Crippen LogP contribution in [0.5, 0.6) is 0 Å². The van der Waals surface area contributed by atoms with E-state index in [2.05, 4.69) is 17.1 Å². The van der Waals surface area contributed by atoms with E-state index in [1.807, 2.05) is 24.3 Å². The summed E-state index contributed by atoms with van der Waals surface area (Å²) in [5.74, 6) is 0. The number of nitrogens with one attached hydrogen (secondary N) is 1. The molecule has 0 radical (unpaired) electrons. The molecule has 3 aromatic rings. The Labute approximate surface area is 99.0 Å². The van der Waals surface area contributed by atoms with E-state index in [1.165, 1.54) is 0 Å². The van der Waals surface area contributed by atoms with Crippen molar-refractivity contribution < 1.29 is 1.43 Å². The van der Waals surface area contributed by atoms with Crippen LogP contribution in [-0.2, 0) is 0 Å². The predicted octanol–water partition coefficient (Wildman–Crippen LogP) is 3.18. The molecule has 1 aromatic heterocycles. The number of rotatable bonds is 0. The maximum absolute atomic E-state index is 8.89. The molecule has 3 heteroatoms. The minimum atomic E-state index is 0. The first-order chi connectivity index (χ1) is 8.31. The third kappa shape index (κ3) is 1.34. The molecule has 0 fully saturated rings. The number of aromatic nitrogens is 1. The molecule has 0 amide bonds. The molecular formula is C14H8N3+. The average molecular weight is 218 g/mol. The first kappa shape index (κ1) is 9.45. The normalized spacial score (nSPS) is 10.2. The molecule has 0 saturated heterocycles. The van der Waals surface area contributed by atoms with Gasteiger partial charge in [-0.15, -0.1) is 0 Å². The summed E-state index contributed by atoms with van der Waals surface area (Å²) in [4.78, 5) is 3.26. The van der Waals surface area contributed by atoms with Crippen LogP contribution in [0.4, 0.5) is 0 Å². The summed E-state index contributed by atoms with van der Waals surface area (Å²) < 4.78 is 0. The highest BCUT2D eigenvalue weighted by atomic mass is 14.7. The SMILES string of the molecule is N#Cc1ccc2[nH]c3ccc(C#N)cc3c2c1.[H+]. The largest absolute Gasteiger partial charge is 1.00 e. The minimum Gasteiger partial charge on any atom is -0.355 e. The van der Waals surface area contributed by atoms with Gasteiger partial charge in [0.1, 0.15) is 0 Å². The van der Waals surface area contributed by atoms with Gasteiger partial charge in [-0.3, -0.25) is 0 Å². The van der Waals surface area contributed by atoms with Crippen molar-refractivity contribution in [2.45, 2.75) is 0 Å². The van der Waals surface area contributed by atoms with E-state index >= 15 is 0 Å². The van der Waals surface area contributed by atoms with Gasteiger partial charge in [-0.25, -0.2) is 0 Å². The van der Waals surface area contributed by atoms with Crippen LogP contribution < -0.4 is 0 Å². The van der Waals surface area contributed by atoms with Crippen molar-refractivity contribution in [3.05, 3.63) is 47.5 Å². The molecule has 3 rings (SSSR count). The third-order valence-electron chi connectivity index (χ3n) is 2.86. The lowest BCUT2D eigenvalue weighted by Gasteiger charge is -1.92. The van der Waals surface area contributed by atoms with E-state index in [1.54, 1.807) is 12.1 Å². The summed E-state index contributed by atoms with van der Waals surface area (Å²) in [5, 5.41) is 19.8. The van der Waals surface area contributed by atoms with E-state index in [0.29, 0.717) is 11.1 Å². The zero-order chi connectivity index (χ0) is 11.8. The summed E-state index contributed by atoms with van der Waals surface area (Å²) in [6, 6.07) is 15.3. The summed E-state index contributed by atoms with van der Waals surface area (Å²) in [5.41, 5.74) is 3.21. The molecule has 0 unspecified atom stereocenters. The Hall–Kier alpha value is -2.78. The van der Waals surface area contributed by atoms with Crippen molar-refractivity contribution in [2.24, 2.45) is 0 Å². The Kier molecular flexibility index (Phi) is 1.87. The van der Waals surface area contributed by atoms with E-state index in [9.17, 15) is 0 Å². The fraction of sp³-hybridized carbons (Fsp3) is 0. The topological polar surface area (TPSA) is 63.4 Å². The van der Waals surface area contributed by atoms with Crippen molar-refractivity contribution in [3.63, 3.8) is 0 Å². The van der Waals surface area contributed by atoms with Crippen LogP contribution in [-0.4, -0.2) is 4.98 Å². The standard InChI is InChI=1S/C14H7N3/c15-7-9-1-3-13-11(5-9)12-6-10(8-16)2-4-14(12)17-13/h1-6,17H/p+1. The number of fused-ring (bicyclic) bond motifs is 3. The molecule has 0 bridgehead atoms. The second kappa shape index (κ2) is 3.37. The van der Waals surface area contributed by atoms with Gasteiger partial charge in [0.15, 0.2) is 0 Å². The lowest BCUT2D eigenvalue weighted by Crippen LogP contribution is -1.74. The molecule has 0 aliphatic heterocycles. The number of H-pyrrole nitrogens is 1. The third-order valence-corrected chi connectivity index (χ3v) is 2.86. The highest BCUT2D eigenvalue weighted by Crippen LogP contribution is 2.26. The van der Waals surface area contributed by atoms with Crippen LogP contribution in [0.2, 0.25) is 0 Å². The van der Waals surface area contributed by atoms with Gasteiger partial charge in [-0.05, 0) is 36.4 Å². The van der Waals surface area contributed by atoms with Gasteiger partial charge >= 0.3 is 1.43 Å². The fourth-order valence-corrected chi connectivity index (χ4v) is 2.04. The first-order valence-electron chi connectivity index (χ1n) is 5.17. The van der Waals surface area contributed by atoms with Crippen molar-refractivity contribution >= 4 is 21.8 Å². The number of hydrogen-bond donors (Lipinski definition) is 1. The number of hydrogen-bond acceptors (Lipinski definition) is 2. The smallest absolute Gasteiger partial charge is 0.355 e. The quantitative estimate of drug-likeness (QED) is 0.629. The molecule has 1 N–H and O–H groups in total. The highest BCUT2D eigenvalue weighted by molar-refractivity contribution is 6.07. The van der Waals surface area contributed by atoms with Gasteiger partial charge in [0.2, 0.25) is 0 Å². The zero-order valence-corrected chi connectivity index (χ0v) is 8.86. The van der Waals surface area contributed by atoms with Crippen LogP contribution in [0.25, 0.3) is 21.8 Å². The van der Waals surface area contributed by atoms with Gasteiger partial charge in [-0.1, -0.05) is 0 Å². The Bertz CT molecular complexity index is 750. The summed E-state index contributed by atoms with van der Waals surface area (Å²) in [7, 11) is 0. The Morgan fingerprint density at radius 2 is 1.29 bits per heavy atom. The number of benzene rings is 2. The average Bonchev–Trinajstić information content (AvgIpc) is 2.75. The number of nitriles is 2. The van der Waals surface area contributed by atoms with E-state index < -0.39 is 0 Å². The molecule has 0 saturated carbocycles. The molecule has 0 aliphatic carbocycles. The minimum absolute atomic E-state index is 0. The summed E-state index contributed by atoms with van der Waals surface area (Å²) >= 11 is 0. The van der Waals surface area contributed by atoms with Crippen LogP contribution in [0.3, 0.4) is 0 Å². The van der Waals surface area contributed by atoms with Gasteiger partial charge in [0, 0.05) is 21.8 Å². The molecule has 78 valence electrons. The van der Waals surface area contributed by atoms with E-state index in [4.69, 9.17) is 10.5 Å².